The number of amides is 1. The Morgan fingerprint density at radius 2 is 2.06 bits per heavy atom. The first-order valence-corrected chi connectivity index (χ1v) is 6.76. The van der Waals surface area contributed by atoms with Crippen LogP contribution in [0.15, 0.2) is 0 Å². The van der Waals surface area contributed by atoms with Crippen molar-refractivity contribution >= 4 is 5.91 Å². The molecule has 1 aliphatic heterocycles. The minimum absolute atomic E-state index is 0.182. The van der Waals surface area contributed by atoms with E-state index in [1.807, 2.05) is 0 Å². The van der Waals surface area contributed by atoms with Crippen LogP contribution in [-0.2, 0) is 9.53 Å². The Hall–Kier alpha value is -0.610. The van der Waals surface area contributed by atoms with Gasteiger partial charge in [0.1, 0.15) is 0 Å². The van der Waals surface area contributed by atoms with Crippen LogP contribution in [0.2, 0.25) is 0 Å². The molecule has 1 heterocycles. The van der Waals surface area contributed by atoms with E-state index < -0.39 is 0 Å². The van der Waals surface area contributed by atoms with Gasteiger partial charge in [0.2, 0.25) is 5.91 Å². The minimum Gasteiger partial charge on any atom is -0.381 e. The number of rotatable bonds is 7. The summed E-state index contributed by atoms with van der Waals surface area (Å²) >= 11 is 0. The molecule has 0 bridgehead atoms. The van der Waals surface area contributed by atoms with Gasteiger partial charge in [-0.25, -0.2) is 0 Å². The minimum atomic E-state index is 0.182. The molecule has 0 aromatic heterocycles. The molecule has 1 amide bonds. The number of ether oxygens (including phenoxy) is 1. The van der Waals surface area contributed by atoms with Gasteiger partial charge in [0, 0.05) is 32.2 Å². The van der Waals surface area contributed by atoms with Gasteiger partial charge in [0.15, 0.2) is 0 Å². The fourth-order valence-electron chi connectivity index (χ4n) is 1.94. The fraction of sp³-hybridized carbons (Fsp3) is 0.923. The van der Waals surface area contributed by atoms with Crippen molar-refractivity contribution in [1.82, 2.24) is 10.6 Å². The number of carbonyl (C=O) groups is 1. The molecule has 17 heavy (non-hydrogen) atoms. The Labute approximate surface area is 104 Å². The molecular weight excluding hydrogens is 216 g/mol. The molecule has 0 atom stereocenters. The molecule has 0 spiro atoms. The molecule has 4 heteroatoms. The summed E-state index contributed by atoms with van der Waals surface area (Å²) in [7, 11) is 0. The van der Waals surface area contributed by atoms with Crippen molar-refractivity contribution in [3.8, 4) is 0 Å². The van der Waals surface area contributed by atoms with Gasteiger partial charge in [-0.1, -0.05) is 13.8 Å². The van der Waals surface area contributed by atoms with Gasteiger partial charge in [-0.2, -0.15) is 0 Å². The highest BCUT2D eigenvalue weighted by molar-refractivity contribution is 5.75. The summed E-state index contributed by atoms with van der Waals surface area (Å²) in [6.07, 6.45) is 3.70. The summed E-state index contributed by atoms with van der Waals surface area (Å²) in [5.41, 5.74) is 0. The van der Waals surface area contributed by atoms with Crippen molar-refractivity contribution < 1.29 is 9.53 Å². The Bertz CT molecular complexity index is 213. The topological polar surface area (TPSA) is 50.4 Å². The predicted molar refractivity (Wildman–Crippen MR) is 68.9 cm³/mol. The molecule has 1 rings (SSSR count). The van der Waals surface area contributed by atoms with E-state index in [1.54, 1.807) is 0 Å². The van der Waals surface area contributed by atoms with Gasteiger partial charge in [-0.3, -0.25) is 4.79 Å². The van der Waals surface area contributed by atoms with Gasteiger partial charge in [-0.05, 0) is 31.7 Å². The van der Waals surface area contributed by atoms with Crippen molar-refractivity contribution in [2.75, 3.05) is 26.3 Å². The molecule has 1 fully saturated rings. The average Bonchev–Trinajstić information content (AvgIpc) is 2.33. The van der Waals surface area contributed by atoms with Crippen molar-refractivity contribution in [3.05, 3.63) is 0 Å². The summed E-state index contributed by atoms with van der Waals surface area (Å²) in [5.74, 6) is 0.795. The van der Waals surface area contributed by atoms with Crippen molar-refractivity contribution in [2.45, 2.75) is 45.6 Å². The molecule has 0 radical (unpaired) electrons. The zero-order chi connectivity index (χ0) is 12.5. The average molecular weight is 242 g/mol. The van der Waals surface area contributed by atoms with E-state index in [1.165, 1.54) is 0 Å². The van der Waals surface area contributed by atoms with Crippen LogP contribution in [0.3, 0.4) is 0 Å². The van der Waals surface area contributed by atoms with Crippen molar-refractivity contribution in [1.29, 1.82) is 0 Å². The van der Waals surface area contributed by atoms with Crippen LogP contribution in [0.5, 0.6) is 0 Å². The molecular formula is C13H26N2O2. The van der Waals surface area contributed by atoms with E-state index in [9.17, 15) is 4.79 Å². The number of hydrogen-bond donors (Lipinski definition) is 2. The number of hydrogen-bond acceptors (Lipinski definition) is 3. The van der Waals surface area contributed by atoms with Crippen LogP contribution in [0.25, 0.3) is 0 Å². The normalized spacial score (nSPS) is 17.4. The summed E-state index contributed by atoms with van der Waals surface area (Å²) in [6, 6.07) is 0.500. The van der Waals surface area contributed by atoms with Crippen LogP contribution in [0, 0.1) is 5.92 Å². The third-order valence-corrected chi connectivity index (χ3v) is 3.06. The number of carbonyl (C=O) groups excluding carboxylic acids is 1. The predicted octanol–water partition coefficient (Wildman–Crippen LogP) is 1.31. The van der Waals surface area contributed by atoms with E-state index in [0.717, 1.165) is 45.6 Å². The van der Waals surface area contributed by atoms with Crippen molar-refractivity contribution in [2.24, 2.45) is 5.92 Å². The van der Waals surface area contributed by atoms with E-state index in [2.05, 4.69) is 24.5 Å². The summed E-state index contributed by atoms with van der Waals surface area (Å²) < 4.78 is 5.29. The first kappa shape index (κ1) is 14.5. The summed E-state index contributed by atoms with van der Waals surface area (Å²) in [6.45, 7) is 7.66. The van der Waals surface area contributed by atoms with Gasteiger partial charge in [0.25, 0.3) is 0 Å². The molecule has 0 saturated carbocycles. The highest BCUT2D eigenvalue weighted by Crippen LogP contribution is 2.13. The van der Waals surface area contributed by atoms with Crippen LogP contribution in [-0.4, -0.2) is 38.3 Å². The second-order valence-electron chi connectivity index (χ2n) is 5.07. The molecule has 0 unspecified atom stereocenters. The first-order chi connectivity index (χ1) is 8.18. The molecule has 0 aromatic rings. The Kier molecular flexibility index (Phi) is 7.21. The second kappa shape index (κ2) is 8.48. The van der Waals surface area contributed by atoms with E-state index in [-0.39, 0.29) is 5.91 Å². The van der Waals surface area contributed by atoms with Gasteiger partial charge in [-0.15, -0.1) is 0 Å². The molecule has 0 aromatic carbocycles. The maximum atomic E-state index is 11.6. The molecule has 0 aliphatic carbocycles. The smallest absolute Gasteiger partial charge is 0.220 e. The van der Waals surface area contributed by atoms with Gasteiger partial charge < -0.3 is 15.4 Å². The van der Waals surface area contributed by atoms with Crippen molar-refractivity contribution in [3.63, 3.8) is 0 Å². The molecule has 1 saturated heterocycles. The standard InChI is InChI=1S/C13H26N2O2/c1-11(2)14-7-3-4-13(16)15-10-12-5-8-17-9-6-12/h11-12,14H,3-10H2,1-2H3,(H,15,16). The highest BCUT2D eigenvalue weighted by atomic mass is 16.5. The maximum absolute atomic E-state index is 11.6. The maximum Gasteiger partial charge on any atom is 0.220 e. The van der Waals surface area contributed by atoms with Gasteiger partial charge >= 0.3 is 0 Å². The fourth-order valence-corrected chi connectivity index (χ4v) is 1.94. The van der Waals surface area contributed by atoms with Crippen LogP contribution in [0.4, 0.5) is 0 Å². The molecule has 4 nitrogen and oxygen atoms in total. The molecule has 100 valence electrons. The van der Waals surface area contributed by atoms with Crippen LogP contribution < -0.4 is 10.6 Å². The van der Waals surface area contributed by atoms with Gasteiger partial charge in [0.05, 0.1) is 0 Å². The first-order valence-electron chi connectivity index (χ1n) is 6.76. The Morgan fingerprint density at radius 1 is 1.35 bits per heavy atom. The number of nitrogens with one attached hydrogen (secondary N) is 2. The largest absolute Gasteiger partial charge is 0.381 e. The third-order valence-electron chi connectivity index (χ3n) is 3.06. The molecule has 2 N–H and O–H groups in total. The Balaban J connectivity index is 1.96. The summed E-state index contributed by atoms with van der Waals surface area (Å²) in [4.78, 5) is 11.6. The highest BCUT2D eigenvalue weighted by Gasteiger charge is 2.14. The van der Waals surface area contributed by atoms with Crippen LogP contribution in [0.1, 0.15) is 39.5 Å². The molecule has 1 aliphatic rings. The zero-order valence-electron chi connectivity index (χ0n) is 11.1. The Morgan fingerprint density at radius 3 is 2.71 bits per heavy atom. The van der Waals surface area contributed by atoms with E-state index in [4.69, 9.17) is 4.74 Å². The second-order valence-corrected chi connectivity index (χ2v) is 5.07. The monoisotopic (exact) mass is 242 g/mol. The zero-order valence-corrected chi connectivity index (χ0v) is 11.1. The van der Waals surface area contributed by atoms with E-state index in [0.29, 0.717) is 18.4 Å². The lowest BCUT2D eigenvalue weighted by molar-refractivity contribution is -0.121. The lowest BCUT2D eigenvalue weighted by Gasteiger charge is -2.22. The summed E-state index contributed by atoms with van der Waals surface area (Å²) in [5, 5.41) is 6.33. The SMILES string of the molecule is CC(C)NCCCC(=O)NCC1CCOCC1. The van der Waals surface area contributed by atoms with Crippen LogP contribution >= 0.6 is 0 Å². The quantitative estimate of drug-likeness (QED) is 0.662. The lowest BCUT2D eigenvalue weighted by Crippen LogP contribution is -2.32. The van der Waals surface area contributed by atoms with E-state index >= 15 is 0 Å². The lowest BCUT2D eigenvalue weighted by atomic mass is 10.0. The third kappa shape index (κ3) is 7.34.